The van der Waals surface area contributed by atoms with Crippen molar-refractivity contribution in [3.63, 3.8) is 0 Å². The van der Waals surface area contributed by atoms with Crippen LogP contribution < -0.4 is 4.74 Å². The van der Waals surface area contributed by atoms with Crippen LogP contribution in [0, 0.1) is 23.7 Å². The van der Waals surface area contributed by atoms with Gasteiger partial charge in [-0.15, -0.1) is 0 Å². The smallest absolute Gasteiger partial charge is 0.179 e. The van der Waals surface area contributed by atoms with Crippen LogP contribution in [0.2, 0.25) is 0 Å². The summed E-state index contributed by atoms with van der Waals surface area (Å²) >= 11 is 0. The first-order valence-corrected chi connectivity index (χ1v) is 11.1. The molecule has 0 spiro atoms. The zero-order valence-corrected chi connectivity index (χ0v) is 15.5. The van der Waals surface area contributed by atoms with E-state index in [4.69, 9.17) is 4.74 Å². The van der Waals surface area contributed by atoms with E-state index in [1.807, 2.05) is 0 Å². The van der Waals surface area contributed by atoms with Gasteiger partial charge in [-0.2, -0.15) is 0 Å². The van der Waals surface area contributed by atoms with Gasteiger partial charge >= 0.3 is 0 Å². The van der Waals surface area contributed by atoms with Crippen molar-refractivity contribution in [1.29, 1.82) is 0 Å². The molecule has 0 aromatic heterocycles. The SMILES string of the molecule is COc1cccc(S(=O)(=O)CCN2[C@@H]3[C@H](O)[C@@H]4C[C@H]3[C@H]3[C@H](O)[C@@H]2C[C@H]43)c1. The summed E-state index contributed by atoms with van der Waals surface area (Å²) in [5.74, 6) is 1.83. The van der Waals surface area contributed by atoms with E-state index < -0.39 is 9.84 Å². The zero-order valence-electron chi connectivity index (χ0n) is 14.7. The van der Waals surface area contributed by atoms with Crippen molar-refractivity contribution < 1.29 is 23.4 Å². The van der Waals surface area contributed by atoms with Crippen LogP contribution in [-0.4, -0.2) is 67.2 Å². The largest absolute Gasteiger partial charge is 0.497 e. The van der Waals surface area contributed by atoms with E-state index in [-0.39, 0.29) is 40.9 Å². The number of aliphatic hydroxyl groups is 2. The molecular formula is C19H25NO5S. The number of hydrogen-bond donors (Lipinski definition) is 2. The van der Waals surface area contributed by atoms with Crippen LogP contribution in [-0.2, 0) is 9.84 Å². The highest BCUT2D eigenvalue weighted by Crippen LogP contribution is 2.64. The molecule has 1 heterocycles. The number of aliphatic hydroxyl groups excluding tert-OH is 2. The quantitative estimate of drug-likeness (QED) is 0.776. The van der Waals surface area contributed by atoms with Crippen LogP contribution in [0.15, 0.2) is 29.2 Å². The van der Waals surface area contributed by atoms with Gasteiger partial charge < -0.3 is 14.9 Å². The number of benzene rings is 1. The number of piperidine rings is 1. The molecule has 5 rings (SSSR count). The highest BCUT2D eigenvalue weighted by atomic mass is 32.2. The molecule has 4 bridgehead atoms. The summed E-state index contributed by atoms with van der Waals surface area (Å²) < 4.78 is 30.7. The molecular weight excluding hydrogens is 354 g/mol. The van der Waals surface area contributed by atoms with E-state index in [9.17, 15) is 18.6 Å². The molecule has 0 unspecified atom stereocenters. The molecule has 6 nitrogen and oxygen atoms in total. The molecule has 2 N–H and O–H groups in total. The first-order valence-electron chi connectivity index (χ1n) is 9.41. The second-order valence-electron chi connectivity index (χ2n) is 8.32. The third kappa shape index (κ3) is 2.17. The average Bonchev–Trinajstić information content (AvgIpc) is 3.21. The maximum absolute atomic E-state index is 12.8. The lowest BCUT2D eigenvalue weighted by Crippen LogP contribution is -2.61. The molecule has 7 heteroatoms. The molecule has 4 aliphatic rings. The normalized spacial score (nSPS) is 43.3. The minimum Gasteiger partial charge on any atom is -0.497 e. The van der Waals surface area contributed by atoms with E-state index in [1.54, 1.807) is 24.3 Å². The summed E-state index contributed by atoms with van der Waals surface area (Å²) in [5, 5.41) is 21.4. The van der Waals surface area contributed by atoms with Crippen LogP contribution in [0.5, 0.6) is 5.75 Å². The molecule has 1 aromatic rings. The molecule has 1 aromatic carbocycles. The van der Waals surface area contributed by atoms with Crippen molar-refractivity contribution in [3.8, 4) is 5.75 Å². The van der Waals surface area contributed by atoms with Crippen molar-refractivity contribution in [3.05, 3.63) is 24.3 Å². The standard InChI is InChI=1S/C19H25NO5S/c1-25-10-3-2-4-11(7-10)26(23,24)6-5-20-15-9-12-13-8-14(16(12)19(15)22)17(20)18(13)21/h2-4,7,12-19,21-22H,5-6,8-9H2,1H3/t12-,13-,14+,15+,16+,17+,18-,19-/m1/s1. The molecule has 3 aliphatic carbocycles. The van der Waals surface area contributed by atoms with Gasteiger partial charge in [0, 0.05) is 18.6 Å². The molecule has 0 amide bonds. The first-order chi connectivity index (χ1) is 12.4. The summed E-state index contributed by atoms with van der Waals surface area (Å²) in [6.45, 7) is 0.353. The molecule has 8 atom stereocenters. The third-order valence-corrected chi connectivity index (χ3v) is 9.13. The van der Waals surface area contributed by atoms with Gasteiger partial charge in [0.15, 0.2) is 9.84 Å². The van der Waals surface area contributed by atoms with Crippen LogP contribution in [0.3, 0.4) is 0 Å². The topological polar surface area (TPSA) is 87.1 Å². The minimum atomic E-state index is -3.45. The molecule has 1 aliphatic heterocycles. The van der Waals surface area contributed by atoms with E-state index in [0.29, 0.717) is 30.0 Å². The summed E-state index contributed by atoms with van der Waals surface area (Å²) in [5.41, 5.74) is 0. The molecule has 3 saturated carbocycles. The number of ether oxygens (including phenoxy) is 1. The Bertz CT molecular complexity index is 827. The summed E-state index contributed by atoms with van der Waals surface area (Å²) in [7, 11) is -1.94. The molecule has 1 saturated heterocycles. The van der Waals surface area contributed by atoms with Gasteiger partial charge in [0.05, 0.1) is 30.0 Å². The Hall–Kier alpha value is -1.15. The van der Waals surface area contributed by atoms with Crippen LogP contribution in [0.1, 0.15) is 12.8 Å². The van der Waals surface area contributed by atoms with Gasteiger partial charge in [0.2, 0.25) is 0 Å². The Labute approximate surface area is 153 Å². The maximum atomic E-state index is 12.8. The molecule has 4 fully saturated rings. The summed E-state index contributed by atoms with van der Waals surface area (Å²) in [6, 6.07) is 6.54. The fourth-order valence-electron chi connectivity index (χ4n) is 6.48. The number of rotatable bonds is 5. The van der Waals surface area contributed by atoms with E-state index in [2.05, 4.69) is 4.90 Å². The second kappa shape index (κ2) is 5.67. The van der Waals surface area contributed by atoms with Gasteiger partial charge in [-0.25, -0.2) is 8.42 Å². The van der Waals surface area contributed by atoms with E-state index in [1.165, 1.54) is 7.11 Å². The van der Waals surface area contributed by atoms with Crippen LogP contribution >= 0.6 is 0 Å². The number of fused-ring (bicyclic) bond motifs is 3. The lowest BCUT2D eigenvalue weighted by molar-refractivity contribution is -0.0960. The summed E-state index contributed by atoms with van der Waals surface area (Å²) in [4.78, 5) is 2.37. The van der Waals surface area contributed by atoms with Gasteiger partial charge in [-0.1, -0.05) is 6.07 Å². The van der Waals surface area contributed by atoms with Gasteiger partial charge in [0.25, 0.3) is 0 Å². The lowest BCUT2D eigenvalue weighted by Gasteiger charge is -2.48. The monoisotopic (exact) mass is 379 g/mol. The Morgan fingerprint density at radius 2 is 1.96 bits per heavy atom. The van der Waals surface area contributed by atoms with E-state index >= 15 is 0 Å². The highest BCUT2D eigenvalue weighted by molar-refractivity contribution is 7.91. The van der Waals surface area contributed by atoms with Crippen molar-refractivity contribution in [2.24, 2.45) is 23.7 Å². The first kappa shape index (κ1) is 17.0. The van der Waals surface area contributed by atoms with Crippen molar-refractivity contribution in [2.45, 2.75) is 42.0 Å². The Kier molecular flexibility index (Phi) is 3.71. The van der Waals surface area contributed by atoms with Crippen molar-refractivity contribution in [2.75, 3.05) is 19.4 Å². The van der Waals surface area contributed by atoms with Crippen molar-refractivity contribution >= 4 is 9.84 Å². The maximum Gasteiger partial charge on any atom is 0.179 e. The van der Waals surface area contributed by atoms with Gasteiger partial charge in [-0.05, 0) is 54.7 Å². The summed E-state index contributed by atoms with van der Waals surface area (Å²) in [6.07, 6.45) is 1.11. The van der Waals surface area contributed by atoms with E-state index in [0.717, 1.165) is 12.8 Å². The fraction of sp³-hybridized carbons (Fsp3) is 0.684. The number of sulfone groups is 1. The number of nitrogens with zero attached hydrogens (tertiary/aromatic N) is 1. The number of hydrogen-bond acceptors (Lipinski definition) is 6. The van der Waals surface area contributed by atoms with Gasteiger partial charge in [0.1, 0.15) is 5.75 Å². The van der Waals surface area contributed by atoms with Crippen molar-refractivity contribution in [1.82, 2.24) is 4.90 Å². The second-order valence-corrected chi connectivity index (χ2v) is 10.4. The number of methoxy groups -OCH3 is 1. The Balaban J connectivity index is 1.38. The Morgan fingerprint density at radius 3 is 2.73 bits per heavy atom. The average molecular weight is 379 g/mol. The predicted octanol–water partition coefficient (Wildman–Crippen LogP) is 0.529. The predicted molar refractivity (Wildman–Crippen MR) is 94.5 cm³/mol. The van der Waals surface area contributed by atoms with Crippen LogP contribution in [0.25, 0.3) is 0 Å². The molecule has 142 valence electrons. The lowest BCUT2D eigenvalue weighted by atomic mass is 9.75. The van der Waals surface area contributed by atoms with Crippen LogP contribution in [0.4, 0.5) is 0 Å². The molecule has 0 radical (unpaired) electrons. The Morgan fingerprint density at radius 1 is 1.15 bits per heavy atom. The number of likely N-dealkylation sites (tertiary alicyclic amines) is 1. The molecule has 26 heavy (non-hydrogen) atoms. The fourth-order valence-corrected chi connectivity index (χ4v) is 7.74. The zero-order chi connectivity index (χ0) is 18.2. The minimum absolute atomic E-state index is 0.00768. The van der Waals surface area contributed by atoms with Gasteiger partial charge in [-0.3, -0.25) is 4.90 Å². The highest BCUT2D eigenvalue weighted by Gasteiger charge is 2.69. The third-order valence-electron chi connectivity index (χ3n) is 7.44.